The minimum atomic E-state index is -2.17. The molecule has 104 valence electrons. The molecule has 0 spiro atoms. The predicted octanol–water partition coefficient (Wildman–Crippen LogP) is 3.70. The molecule has 0 unspecified atom stereocenters. The summed E-state index contributed by atoms with van der Waals surface area (Å²) in [7, 11) is -0.196. The first-order valence-corrected chi connectivity index (χ1v) is 10.5. The van der Waals surface area contributed by atoms with Gasteiger partial charge >= 0.3 is 0 Å². The van der Waals surface area contributed by atoms with Crippen molar-refractivity contribution in [2.45, 2.75) is 38.4 Å². The van der Waals surface area contributed by atoms with Crippen LogP contribution in [0.1, 0.15) is 19.4 Å². The van der Waals surface area contributed by atoms with E-state index in [0.29, 0.717) is 0 Å². The Hall–Kier alpha value is -0.403. The molecule has 0 radical (unpaired) electrons. The fourth-order valence-electron chi connectivity index (χ4n) is 2.11. The van der Waals surface area contributed by atoms with E-state index in [1.54, 1.807) is 0 Å². The third-order valence-corrected chi connectivity index (χ3v) is 8.46. The molecule has 1 N–H and O–H groups in total. The van der Waals surface area contributed by atoms with Crippen LogP contribution < -0.4 is 0 Å². The Balaban J connectivity index is 2.40. The molecule has 3 nitrogen and oxygen atoms in total. The van der Waals surface area contributed by atoms with Crippen LogP contribution in [-0.2, 0) is 13.5 Å². The second kappa shape index (κ2) is 4.86. The zero-order valence-corrected chi connectivity index (χ0v) is 15.3. The van der Waals surface area contributed by atoms with Crippen LogP contribution in [0.2, 0.25) is 18.1 Å². The summed E-state index contributed by atoms with van der Waals surface area (Å²) in [6, 6.07) is 6.50. The van der Waals surface area contributed by atoms with Gasteiger partial charge in [-0.15, -0.1) is 0 Å². The Kier molecular flexibility index (Phi) is 3.83. The van der Waals surface area contributed by atoms with Gasteiger partial charge in [0.15, 0.2) is 8.32 Å². The van der Waals surface area contributed by atoms with Gasteiger partial charge in [0.05, 0.1) is 5.52 Å². The lowest BCUT2D eigenvalue weighted by atomic mass is 10.0. The minimum Gasteiger partial charge on any atom is -0.432 e. The second-order valence-electron chi connectivity index (χ2n) is 6.39. The van der Waals surface area contributed by atoms with Crippen LogP contribution in [0.15, 0.2) is 18.2 Å². The normalized spacial score (nSPS) is 13.2. The van der Waals surface area contributed by atoms with Crippen molar-refractivity contribution < 1.29 is 4.80 Å². The number of halogens is 1. The number of nitrogens with zero attached hydrogens (tertiary/aromatic N) is 2. The molecule has 1 heterocycles. The zero-order valence-electron chi connectivity index (χ0n) is 12.2. The largest absolute Gasteiger partial charge is 0.432 e. The highest BCUT2D eigenvalue weighted by Gasteiger charge is 2.37. The summed E-state index contributed by atoms with van der Waals surface area (Å²) in [6.07, 6.45) is 0.906. The van der Waals surface area contributed by atoms with Crippen molar-refractivity contribution >= 4 is 41.8 Å². The van der Waals surface area contributed by atoms with Gasteiger partial charge in [-0.05, 0) is 64.8 Å². The first-order chi connectivity index (χ1) is 8.62. The van der Waals surface area contributed by atoms with Gasteiger partial charge in [-0.25, -0.2) is 0 Å². The lowest BCUT2D eigenvalue weighted by Gasteiger charge is -2.35. The molecule has 0 atom stereocenters. The van der Waals surface area contributed by atoms with Crippen molar-refractivity contribution in [3.05, 3.63) is 27.5 Å². The van der Waals surface area contributed by atoms with E-state index < -0.39 is 8.32 Å². The van der Waals surface area contributed by atoms with Crippen LogP contribution in [0.25, 0.3) is 10.9 Å². The molecular formula is C14H21IN2OSi. The summed E-state index contributed by atoms with van der Waals surface area (Å²) in [6.45, 7) is 8.36. The Morgan fingerprint density at radius 1 is 1.37 bits per heavy atom. The summed E-state index contributed by atoms with van der Waals surface area (Å²) in [5.74, 6) is 0. The quantitative estimate of drug-likeness (QED) is 0.643. The summed E-state index contributed by atoms with van der Waals surface area (Å²) in [4.78, 5) is 10.4. The molecule has 1 aromatic heterocycles. The number of rotatable bonds is 3. The van der Waals surface area contributed by atoms with Crippen LogP contribution in [-0.4, -0.2) is 22.9 Å². The minimum absolute atomic E-state index is 0.0334. The van der Waals surface area contributed by atoms with Crippen LogP contribution in [0.3, 0.4) is 0 Å². The van der Waals surface area contributed by atoms with Gasteiger partial charge in [0.1, 0.15) is 3.70 Å². The molecule has 0 saturated carbocycles. The van der Waals surface area contributed by atoms with Crippen molar-refractivity contribution in [3.8, 4) is 0 Å². The molecule has 0 fully saturated rings. The maximum Gasteiger partial charge on any atom is 0.188 e. The van der Waals surface area contributed by atoms with Gasteiger partial charge in [0, 0.05) is 12.4 Å². The standard InChI is InChI=1S/C14H21IN2OSi/c1-14(2,19(4,5)18)9-10-6-7-12-11(8-10)13(15)16-17(12)3/h6-8,18H,9H2,1-5H3. The second-order valence-corrected chi connectivity index (χ2v) is 11.9. The van der Waals surface area contributed by atoms with Crippen LogP contribution in [0, 0.1) is 3.70 Å². The molecule has 0 aliphatic rings. The molecule has 5 heteroatoms. The molecule has 19 heavy (non-hydrogen) atoms. The zero-order chi connectivity index (χ0) is 14.4. The number of hydrogen-bond donors (Lipinski definition) is 1. The van der Waals surface area contributed by atoms with Gasteiger partial charge in [0.25, 0.3) is 0 Å². The Labute approximate surface area is 129 Å². The molecule has 0 aliphatic carbocycles. The average molecular weight is 388 g/mol. The Bertz CT molecular complexity index is 614. The van der Waals surface area contributed by atoms with E-state index in [2.05, 4.69) is 59.7 Å². The maximum atomic E-state index is 10.4. The van der Waals surface area contributed by atoms with Crippen LogP contribution in [0.5, 0.6) is 0 Å². The smallest absolute Gasteiger partial charge is 0.188 e. The summed E-state index contributed by atoms with van der Waals surface area (Å²) in [5, 5.41) is 5.61. The fourth-order valence-corrected chi connectivity index (χ4v) is 3.50. The lowest BCUT2D eigenvalue weighted by molar-refractivity contribution is 0.467. The van der Waals surface area contributed by atoms with E-state index in [1.807, 2.05) is 24.8 Å². The van der Waals surface area contributed by atoms with E-state index in [1.165, 1.54) is 10.9 Å². The molecule has 0 saturated heterocycles. The third-order valence-electron chi connectivity index (χ3n) is 4.17. The Morgan fingerprint density at radius 3 is 2.58 bits per heavy atom. The van der Waals surface area contributed by atoms with Gasteiger partial charge < -0.3 is 4.80 Å². The number of aromatic nitrogens is 2. The first kappa shape index (κ1) is 15.0. The van der Waals surface area contributed by atoms with Crippen LogP contribution >= 0.6 is 22.6 Å². The van der Waals surface area contributed by atoms with Crippen molar-refractivity contribution in [2.75, 3.05) is 0 Å². The molecule has 0 amide bonds. The van der Waals surface area contributed by atoms with E-state index in [-0.39, 0.29) is 5.04 Å². The van der Waals surface area contributed by atoms with E-state index >= 15 is 0 Å². The first-order valence-electron chi connectivity index (χ1n) is 6.45. The monoisotopic (exact) mass is 388 g/mol. The molecule has 2 aromatic rings. The van der Waals surface area contributed by atoms with Crippen molar-refractivity contribution in [3.63, 3.8) is 0 Å². The van der Waals surface area contributed by atoms with Crippen LogP contribution in [0.4, 0.5) is 0 Å². The maximum absolute atomic E-state index is 10.4. The van der Waals surface area contributed by atoms with Crippen molar-refractivity contribution in [1.29, 1.82) is 0 Å². The topological polar surface area (TPSA) is 38.0 Å². The molecule has 0 aliphatic heterocycles. The van der Waals surface area contributed by atoms with Crippen molar-refractivity contribution in [1.82, 2.24) is 9.78 Å². The predicted molar refractivity (Wildman–Crippen MR) is 90.9 cm³/mol. The van der Waals surface area contributed by atoms with E-state index in [4.69, 9.17) is 0 Å². The van der Waals surface area contributed by atoms with Gasteiger partial charge in [0.2, 0.25) is 0 Å². The fraction of sp³-hybridized carbons (Fsp3) is 0.500. The van der Waals surface area contributed by atoms with E-state index in [9.17, 15) is 4.80 Å². The van der Waals surface area contributed by atoms with Gasteiger partial charge in [-0.3, -0.25) is 4.68 Å². The summed E-state index contributed by atoms with van der Waals surface area (Å²) in [5.41, 5.74) is 2.43. The van der Waals surface area contributed by atoms with E-state index in [0.717, 1.165) is 15.6 Å². The highest BCUT2D eigenvalue weighted by molar-refractivity contribution is 14.1. The summed E-state index contributed by atoms with van der Waals surface area (Å²) >= 11 is 2.28. The molecular weight excluding hydrogens is 367 g/mol. The highest BCUT2D eigenvalue weighted by atomic mass is 127. The number of aryl methyl sites for hydroxylation is 1. The third kappa shape index (κ3) is 2.87. The number of hydrogen-bond acceptors (Lipinski definition) is 2. The number of fused-ring (bicyclic) bond motifs is 1. The number of benzene rings is 1. The summed E-state index contributed by atoms with van der Waals surface area (Å²) < 4.78 is 2.95. The van der Waals surface area contributed by atoms with Gasteiger partial charge in [-0.2, -0.15) is 5.10 Å². The highest BCUT2D eigenvalue weighted by Crippen LogP contribution is 2.39. The lowest BCUT2D eigenvalue weighted by Crippen LogP contribution is -2.40. The van der Waals surface area contributed by atoms with Crippen molar-refractivity contribution in [2.24, 2.45) is 7.05 Å². The van der Waals surface area contributed by atoms with Gasteiger partial charge in [-0.1, -0.05) is 19.9 Å². The SMILES string of the molecule is Cn1nc(I)c2cc(CC(C)(C)[Si](C)(C)O)ccc21. The molecule has 1 aromatic carbocycles. The molecule has 2 rings (SSSR count). The molecule has 0 bridgehead atoms. The average Bonchev–Trinajstić information content (AvgIpc) is 2.52. The Morgan fingerprint density at radius 2 is 2.00 bits per heavy atom.